The first-order chi connectivity index (χ1) is 8.06. The molecule has 92 valence electrons. The zero-order valence-corrected chi connectivity index (χ0v) is 9.46. The number of carboxylic acids is 1. The maximum atomic E-state index is 11.7. The van der Waals surface area contributed by atoms with Gasteiger partial charge >= 0.3 is 5.97 Å². The van der Waals surface area contributed by atoms with E-state index in [9.17, 15) is 9.59 Å². The van der Waals surface area contributed by atoms with Crippen LogP contribution in [0.1, 0.15) is 12.6 Å². The summed E-state index contributed by atoms with van der Waals surface area (Å²) in [6, 6.07) is -0.797. The molecule has 0 aliphatic carbocycles. The second-order valence-corrected chi connectivity index (χ2v) is 4.28. The first-order valence-electron chi connectivity index (χ1n) is 5.44. The van der Waals surface area contributed by atoms with Crippen LogP contribution in [0.4, 0.5) is 0 Å². The quantitative estimate of drug-likeness (QED) is 0.657. The highest BCUT2D eigenvalue weighted by Crippen LogP contribution is 2.07. The van der Waals surface area contributed by atoms with Crippen LogP contribution in [0.25, 0.3) is 0 Å². The molecule has 2 atom stereocenters. The van der Waals surface area contributed by atoms with Crippen molar-refractivity contribution >= 4 is 11.8 Å². The topological polar surface area (TPSA) is 97.1 Å². The van der Waals surface area contributed by atoms with E-state index in [1.54, 1.807) is 17.8 Å². The van der Waals surface area contributed by atoms with Crippen molar-refractivity contribution in [2.75, 3.05) is 6.54 Å². The summed E-state index contributed by atoms with van der Waals surface area (Å²) in [4.78, 5) is 22.7. The van der Waals surface area contributed by atoms with Gasteiger partial charge in [-0.25, -0.2) is 0 Å². The Hall–Kier alpha value is -1.76. The summed E-state index contributed by atoms with van der Waals surface area (Å²) in [5, 5.41) is 19.5. The molecule has 0 saturated heterocycles. The number of carboxylic acid groups (broad SMARTS) is 1. The van der Waals surface area contributed by atoms with Crippen LogP contribution in [0.15, 0.2) is 6.20 Å². The zero-order chi connectivity index (χ0) is 12.4. The van der Waals surface area contributed by atoms with E-state index in [2.05, 4.69) is 15.6 Å². The van der Waals surface area contributed by atoms with Crippen LogP contribution in [0.3, 0.4) is 0 Å². The molecule has 0 saturated carbocycles. The Balaban J connectivity index is 2.24. The second kappa shape index (κ2) is 4.62. The molecule has 0 fully saturated rings. The van der Waals surface area contributed by atoms with Gasteiger partial charge in [-0.05, 0) is 0 Å². The summed E-state index contributed by atoms with van der Waals surface area (Å²) in [6.45, 7) is 2.34. The lowest BCUT2D eigenvalue weighted by atomic mass is 10.1. The molecule has 0 radical (unpaired) electrons. The summed E-state index contributed by atoms with van der Waals surface area (Å²) in [6.07, 6.45) is 1.92. The molecule has 0 amide bonds. The molecule has 0 spiro atoms. The van der Waals surface area contributed by atoms with Gasteiger partial charge in [-0.1, -0.05) is 12.1 Å². The standard InChI is InChI=1S/C10H14N4O3/c1-6-4-14-5-7(12-13-14)2-8(10(16)17)11-3-9(6)15/h5-6,8,11H,2-4H2,1H3,(H,16,17). The van der Waals surface area contributed by atoms with E-state index in [0.29, 0.717) is 12.2 Å². The van der Waals surface area contributed by atoms with Gasteiger partial charge in [-0.3, -0.25) is 19.6 Å². The number of nitrogens with one attached hydrogen (secondary N) is 1. The van der Waals surface area contributed by atoms with E-state index in [0.717, 1.165) is 0 Å². The van der Waals surface area contributed by atoms with Crippen molar-refractivity contribution in [1.29, 1.82) is 0 Å². The van der Waals surface area contributed by atoms with Crippen molar-refractivity contribution in [2.24, 2.45) is 5.92 Å². The van der Waals surface area contributed by atoms with Gasteiger partial charge in [-0.15, -0.1) is 5.10 Å². The highest BCUT2D eigenvalue weighted by molar-refractivity contribution is 5.83. The smallest absolute Gasteiger partial charge is 0.321 e. The van der Waals surface area contributed by atoms with Crippen LogP contribution < -0.4 is 5.32 Å². The predicted octanol–water partition coefficient (Wildman–Crippen LogP) is -0.918. The predicted molar refractivity (Wildman–Crippen MR) is 57.3 cm³/mol. The number of hydrogen-bond acceptors (Lipinski definition) is 5. The summed E-state index contributed by atoms with van der Waals surface area (Å²) in [7, 11) is 0. The highest BCUT2D eigenvalue weighted by Gasteiger charge is 2.24. The van der Waals surface area contributed by atoms with Crippen molar-refractivity contribution in [3.8, 4) is 0 Å². The lowest BCUT2D eigenvalue weighted by molar-refractivity contribution is -0.139. The lowest BCUT2D eigenvalue weighted by Gasteiger charge is -2.16. The normalized spacial score (nSPS) is 25.6. The highest BCUT2D eigenvalue weighted by atomic mass is 16.4. The van der Waals surface area contributed by atoms with Crippen LogP contribution in [0.5, 0.6) is 0 Å². The molecular formula is C10H14N4O3. The minimum Gasteiger partial charge on any atom is -0.480 e. The Kier molecular flexibility index (Phi) is 3.19. The van der Waals surface area contributed by atoms with Gasteiger partial charge in [0.1, 0.15) is 6.04 Å². The molecule has 7 heteroatoms. The molecule has 2 unspecified atom stereocenters. The minimum absolute atomic E-state index is 0.0183. The number of hydrogen-bond donors (Lipinski definition) is 2. The van der Waals surface area contributed by atoms with Crippen LogP contribution in [0.2, 0.25) is 0 Å². The largest absolute Gasteiger partial charge is 0.480 e. The third-order valence-electron chi connectivity index (χ3n) is 2.83. The second-order valence-electron chi connectivity index (χ2n) is 4.28. The van der Waals surface area contributed by atoms with Crippen molar-refractivity contribution < 1.29 is 14.7 Å². The number of carbonyl (C=O) groups excluding carboxylic acids is 1. The number of ketones is 1. The van der Waals surface area contributed by atoms with Gasteiger partial charge in [0.2, 0.25) is 0 Å². The van der Waals surface area contributed by atoms with Gasteiger partial charge in [0, 0.05) is 18.5 Å². The fourth-order valence-electron chi connectivity index (χ4n) is 1.76. The first kappa shape index (κ1) is 11.7. The van der Waals surface area contributed by atoms with Crippen LogP contribution >= 0.6 is 0 Å². The number of aliphatic carboxylic acids is 1. The van der Waals surface area contributed by atoms with Crippen molar-refractivity contribution in [2.45, 2.75) is 25.9 Å². The van der Waals surface area contributed by atoms with Gasteiger partial charge in [0.05, 0.1) is 18.8 Å². The van der Waals surface area contributed by atoms with E-state index in [1.165, 1.54) is 0 Å². The number of Topliss-reactive ketones (excluding diaryl/α,β-unsaturated/α-hetero) is 1. The Labute approximate surface area is 97.8 Å². The molecule has 1 aliphatic rings. The van der Waals surface area contributed by atoms with E-state index in [1.807, 2.05) is 0 Å². The Morgan fingerprint density at radius 1 is 1.65 bits per heavy atom. The van der Waals surface area contributed by atoms with Crippen LogP contribution in [-0.2, 0) is 22.6 Å². The number of aromatic nitrogens is 3. The van der Waals surface area contributed by atoms with E-state index in [4.69, 9.17) is 5.11 Å². The molecule has 7 nitrogen and oxygen atoms in total. The summed E-state index contributed by atoms with van der Waals surface area (Å²) in [5.74, 6) is -1.21. The average Bonchev–Trinajstić information content (AvgIpc) is 2.69. The molecule has 1 aromatic heterocycles. The Morgan fingerprint density at radius 2 is 2.41 bits per heavy atom. The average molecular weight is 238 g/mol. The van der Waals surface area contributed by atoms with Gasteiger partial charge in [0.15, 0.2) is 5.78 Å². The molecule has 0 aromatic carbocycles. The first-order valence-corrected chi connectivity index (χ1v) is 5.44. The third kappa shape index (κ3) is 2.68. The maximum Gasteiger partial charge on any atom is 0.321 e. The molecule has 2 N–H and O–H groups in total. The van der Waals surface area contributed by atoms with Crippen LogP contribution in [0, 0.1) is 5.92 Å². The number of nitrogens with zero attached hydrogens (tertiary/aromatic N) is 3. The fourth-order valence-corrected chi connectivity index (χ4v) is 1.76. The maximum absolute atomic E-state index is 11.7. The molecule has 2 bridgehead atoms. The number of fused-ring (bicyclic) bond motifs is 2. The Morgan fingerprint density at radius 3 is 3.12 bits per heavy atom. The van der Waals surface area contributed by atoms with E-state index in [-0.39, 0.29) is 24.7 Å². The van der Waals surface area contributed by atoms with Gasteiger partial charge in [-0.2, -0.15) is 0 Å². The summed E-state index contributed by atoms with van der Waals surface area (Å²) in [5.41, 5.74) is 0.617. The Bertz CT molecular complexity index is 443. The molecule has 1 aliphatic heterocycles. The van der Waals surface area contributed by atoms with Crippen molar-refractivity contribution in [3.05, 3.63) is 11.9 Å². The summed E-state index contributed by atoms with van der Waals surface area (Å²) >= 11 is 0. The number of carbonyl (C=O) groups is 2. The van der Waals surface area contributed by atoms with Gasteiger partial charge in [0.25, 0.3) is 0 Å². The summed E-state index contributed by atoms with van der Waals surface area (Å²) < 4.78 is 1.59. The van der Waals surface area contributed by atoms with E-state index >= 15 is 0 Å². The third-order valence-corrected chi connectivity index (χ3v) is 2.83. The molecule has 2 rings (SSSR count). The molecule has 1 aromatic rings. The molecule has 17 heavy (non-hydrogen) atoms. The SMILES string of the molecule is CC1Cn2cc(nn2)CC(C(=O)O)NCC1=O. The van der Waals surface area contributed by atoms with Crippen molar-refractivity contribution in [3.63, 3.8) is 0 Å². The fraction of sp³-hybridized carbons (Fsp3) is 0.600. The monoisotopic (exact) mass is 238 g/mol. The van der Waals surface area contributed by atoms with Crippen molar-refractivity contribution in [1.82, 2.24) is 20.3 Å². The van der Waals surface area contributed by atoms with E-state index < -0.39 is 12.0 Å². The minimum atomic E-state index is -0.986. The van der Waals surface area contributed by atoms with Gasteiger partial charge < -0.3 is 5.11 Å². The molecular weight excluding hydrogens is 224 g/mol. The zero-order valence-electron chi connectivity index (χ0n) is 9.46. The molecule has 2 heterocycles. The lowest BCUT2D eigenvalue weighted by Crippen LogP contribution is -2.43. The van der Waals surface area contributed by atoms with Crippen LogP contribution in [-0.4, -0.2) is 44.4 Å². The number of rotatable bonds is 1.